The quantitative estimate of drug-likeness (QED) is 0.749. The van der Waals surface area contributed by atoms with E-state index in [1.165, 1.54) is 4.68 Å². The van der Waals surface area contributed by atoms with Gasteiger partial charge < -0.3 is 5.11 Å². The Morgan fingerprint density at radius 2 is 2.14 bits per heavy atom. The van der Waals surface area contributed by atoms with Crippen LogP contribution in [0.1, 0.15) is 5.56 Å². The number of nitrogens with zero attached hydrogens (tertiary/aromatic N) is 2. The molecule has 0 radical (unpaired) electrons. The lowest BCUT2D eigenvalue weighted by atomic mass is 10.1. The standard InChI is InChI=1S/C10H10N2O2/c13-6-5-8-7-12(11-14)10-4-2-1-3-9(8)10/h1-4,7,13H,5-6H2. The van der Waals surface area contributed by atoms with Crippen molar-refractivity contribution in [3.63, 3.8) is 0 Å². The molecule has 1 heterocycles. The Bertz CT molecular complexity index is 462. The van der Waals surface area contributed by atoms with Crippen molar-refractivity contribution < 1.29 is 5.11 Å². The number of aliphatic hydroxyl groups excluding tert-OH is 1. The molecule has 0 saturated heterocycles. The molecule has 72 valence electrons. The fourth-order valence-corrected chi connectivity index (χ4v) is 1.62. The highest BCUT2D eigenvalue weighted by Crippen LogP contribution is 2.21. The number of rotatable bonds is 3. The van der Waals surface area contributed by atoms with E-state index in [1.54, 1.807) is 6.20 Å². The molecule has 0 saturated carbocycles. The van der Waals surface area contributed by atoms with Crippen molar-refractivity contribution in [1.29, 1.82) is 0 Å². The van der Waals surface area contributed by atoms with Crippen LogP contribution >= 0.6 is 0 Å². The van der Waals surface area contributed by atoms with Crippen molar-refractivity contribution >= 4 is 10.9 Å². The molecular weight excluding hydrogens is 180 g/mol. The molecule has 0 unspecified atom stereocenters. The molecular formula is C10H10N2O2. The smallest absolute Gasteiger partial charge is 0.0753 e. The minimum atomic E-state index is 0.0763. The third-order valence-electron chi connectivity index (χ3n) is 2.24. The molecule has 1 N–H and O–H groups in total. The van der Waals surface area contributed by atoms with E-state index < -0.39 is 0 Å². The van der Waals surface area contributed by atoms with Gasteiger partial charge in [0.15, 0.2) is 0 Å². The maximum atomic E-state index is 10.5. The lowest BCUT2D eigenvalue weighted by molar-refractivity contribution is 0.300. The number of para-hydroxylation sites is 1. The summed E-state index contributed by atoms with van der Waals surface area (Å²) in [7, 11) is 0. The van der Waals surface area contributed by atoms with Crippen LogP contribution in [0.4, 0.5) is 0 Å². The van der Waals surface area contributed by atoms with Gasteiger partial charge in [0.05, 0.1) is 10.8 Å². The minimum absolute atomic E-state index is 0.0763. The van der Waals surface area contributed by atoms with Gasteiger partial charge in [0.25, 0.3) is 0 Å². The Kier molecular flexibility index (Phi) is 2.28. The van der Waals surface area contributed by atoms with Gasteiger partial charge in [-0.2, -0.15) is 0 Å². The molecule has 2 rings (SSSR count). The highest BCUT2D eigenvalue weighted by Gasteiger charge is 2.06. The molecule has 1 aromatic carbocycles. The first kappa shape index (κ1) is 8.90. The van der Waals surface area contributed by atoms with Gasteiger partial charge in [-0.15, -0.1) is 4.91 Å². The summed E-state index contributed by atoms with van der Waals surface area (Å²) >= 11 is 0. The normalized spacial score (nSPS) is 10.6. The molecule has 0 aliphatic rings. The van der Waals surface area contributed by atoms with Crippen LogP contribution in [0.3, 0.4) is 0 Å². The fraction of sp³-hybridized carbons (Fsp3) is 0.200. The summed E-state index contributed by atoms with van der Waals surface area (Å²) in [5, 5.41) is 12.7. The Labute approximate surface area is 80.7 Å². The summed E-state index contributed by atoms with van der Waals surface area (Å²) in [5.74, 6) is 0. The predicted molar refractivity (Wildman–Crippen MR) is 53.9 cm³/mol. The maximum Gasteiger partial charge on any atom is 0.0753 e. The lowest BCUT2D eigenvalue weighted by Gasteiger charge is -1.93. The van der Waals surface area contributed by atoms with Crippen molar-refractivity contribution in [1.82, 2.24) is 4.68 Å². The zero-order valence-electron chi connectivity index (χ0n) is 7.55. The second-order valence-electron chi connectivity index (χ2n) is 3.07. The topological polar surface area (TPSA) is 54.6 Å². The van der Waals surface area contributed by atoms with Crippen LogP contribution in [0.15, 0.2) is 35.7 Å². The molecule has 0 bridgehead atoms. The summed E-state index contributed by atoms with van der Waals surface area (Å²) in [6, 6.07) is 7.50. The van der Waals surface area contributed by atoms with Crippen LogP contribution in [0.25, 0.3) is 10.9 Å². The summed E-state index contributed by atoms with van der Waals surface area (Å²) in [5.41, 5.74) is 1.73. The number of aromatic nitrogens is 1. The van der Waals surface area contributed by atoms with Gasteiger partial charge in [-0.25, -0.2) is 4.68 Å². The third-order valence-corrected chi connectivity index (χ3v) is 2.24. The van der Waals surface area contributed by atoms with E-state index in [0.717, 1.165) is 16.5 Å². The number of fused-ring (bicyclic) bond motifs is 1. The Hall–Kier alpha value is -1.68. The van der Waals surface area contributed by atoms with Gasteiger partial charge in [-0.05, 0) is 18.1 Å². The molecule has 2 aromatic rings. The number of benzene rings is 1. The monoisotopic (exact) mass is 190 g/mol. The first-order valence-corrected chi connectivity index (χ1v) is 4.40. The van der Waals surface area contributed by atoms with Gasteiger partial charge >= 0.3 is 0 Å². The van der Waals surface area contributed by atoms with Crippen molar-refractivity contribution in [2.24, 2.45) is 5.29 Å². The fourth-order valence-electron chi connectivity index (χ4n) is 1.62. The van der Waals surface area contributed by atoms with Gasteiger partial charge in [0.1, 0.15) is 0 Å². The molecule has 0 aliphatic heterocycles. The molecule has 14 heavy (non-hydrogen) atoms. The SMILES string of the molecule is O=Nn1cc(CCO)c2ccccc21. The molecule has 0 amide bonds. The van der Waals surface area contributed by atoms with E-state index >= 15 is 0 Å². The van der Waals surface area contributed by atoms with Gasteiger partial charge in [-0.3, -0.25) is 0 Å². The molecule has 0 fully saturated rings. The van der Waals surface area contributed by atoms with E-state index in [2.05, 4.69) is 5.29 Å². The highest BCUT2D eigenvalue weighted by molar-refractivity contribution is 5.83. The first-order chi connectivity index (χ1) is 6.86. The van der Waals surface area contributed by atoms with Gasteiger partial charge in [0.2, 0.25) is 0 Å². The average Bonchev–Trinajstić information content (AvgIpc) is 2.58. The zero-order valence-corrected chi connectivity index (χ0v) is 7.55. The van der Waals surface area contributed by atoms with Gasteiger partial charge in [0, 0.05) is 18.2 Å². The predicted octanol–water partition coefficient (Wildman–Crippen LogP) is 1.71. The van der Waals surface area contributed by atoms with Crippen LogP contribution in [0.2, 0.25) is 0 Å². The van der Waals surface area contributed by atoms with Crippen molar-refractivity contribution in [2.75, 3.05) is 6.61 Å². The van der Waals surface area contributed by atoms with Crippen LogP contribution < -0.4 is 0 Å². The maximum absolute atomic E-state index is 10.5. The Morgan fingerprint density at radius 1 is 1.36 bits per heavy atom. The van der Waals surface area contributed by atoms with E-state index in [0.29, 0.717) is 6.42 Å². The van der Waals surface area contributed by atoms with E-state index in [4.69, 9.17) is 5.11 Å². The third kappa shape index (κ3) is 1.29. The van der Waals surface area contributed by atoms with E-state index in [9.17, 15) is 4.91 Å². The molecule has 4 heteroatoms. The van der Waals surface area contributed by atoms with Crippen LogP contribution in [0, 0.1) is 4.91 Å². The zero-order chi connectivity index (χ0) is 9.97. The molecule has 0 atom stereocenters. The number of nitroso groups, excluding NO2 is 1. The highest BCUT2D eigenvalue weighted by atomic mass is 16.3. The summed E-state index contributed by atoms with van der Waals surface area (Å²) < 4.78 is 1.29. The molecule has 4 nitrogen and oxygen atoms in total. The molecule has 1 aromatic heterocycles. The second-order valence-corrected chi connectivity index (χ2v) is 3.07. The van der Waals surface area contributed by atoms with Crippen molar-refractivity contribution in [3.8, 4) is 0 Å². The van der Waals surface area contributed by atoms with Crippen LogP contribution in [-0.4, -0.2) is 16.4 Å². The van der Waals surface area contributed by atoms with E-state index in [1.807, 2.05) is 24.3 Å². The van der Waals surface area contributed by atoms with Crippen LogP contribution in [0.5, 0.6) is 0 Å². The Balaban J connectivity index is 2.66. The minimum Gasteiger partial charge on any atom is -0.396 e. The largest absolute Gasteiger partial charge is 0.396 e. The summed E-state index contributed by atoms with van der Waals surface area (Å²) in [4.78, 5) is 10.5. The first-order valence-electron chi connectivity index (χ1n) is 4.40. The van der Waals surface area contributed by atoms with E-state index in [-0.39, 0.29) is 6.61 Å². The molecule has 0 spiro atoms. The van der Waals surface area contributed by atoms with Crippen molar-refractivity contribution in [2.45, 2.75) is 6.42 Å². The lowest BCUT2D eigenvalue weighted by Crippen LogP contribution is -1.88. The van der Waals surface area contributed by atoms with Gasteiger partial charge in [-0.1, -0.05) is 18.2 Å². The number of hydrogen-bond donors (Lipinski definition) is 1. The number of hydrogen-bond acceptors (Lipinski definition) is 3. The second kappa shape index (κ2) is 3.59. The average molecular weight is 190 g/mol. The summed E-state index contributed by atoms with van der Waals surface area (Å²) in [6.45, 7) is 0.0763. The number of aliphatic hydroxyl groups is 1. The van der Waals surface area contributed by atoms with Crippen LogP contribution in [-0.2, 0) is 6.42 Å². The Morgan fingerprint density at radius 3 is 2.86 bits per heavy atom. The van der Waals surface area contributed by atoms with Crippen molar-refractivity contribution in [3.05, 3.63) is 40.9 Å². The molecule has 0 aliphatic carbocycles. The summed E-state index contributed by atoms with van der Waals surface area (Å²) in [6.07, 6.45) is 2.21.